The summed E-state index contributed by atoms with van der Waals surface area (Å²) < 4.78 is 6.17. The predicted octanol–water partition coefficient (Wildman–Crippen LogP) is 3.91. The van der Waals surface area contributed by atoms with Crippen LogP contribution < -0.4 is 20.3 Å². The Morgan fingerprint density at radius 2 is 1.79 bits per heavy atom. The van der Waals surface area contributed by atoms with E-state index in [1.165, 1.54) is 30.9 Å². The maximum atomic E-state index is 9.06. The molecule has 1 unspecified atom stereocenters. The smallest absolute Gasteiger partial charge is 0.128 e. The Labute approximate surface area is 230 Å². The van der Waals surface area contributed by atoms with E-state index in [0.717, 1.165) is 75.9 Å². The van der Waals surface area contributed by atoms with E-state index in [0.29, 0.717) is 22.5 Å². The average Bonchev–Trinajstić information content (AvgIpc) is 3.42. The predicted molar refractivity (Wildman–Crippen MR) is 152 cm³/mol. The van der Waals surface area contributed by atoms with Crippen LogP contribution in [0, 0.1) is 23.2 Å². The SMILES string of the molecule is N#Cc1ccc(OC2CCC(C3CN=C(c4ccc(N5CC(CN6CCNCC6)C5)cc4)N3)CC2)cc1Cl. The highest BCUT2D eigenvalue weighted by atomic mass is 35.5. The first kappa shape index (κ1) is 25.5. The topological polar surface area (TPSA) is 75.9 Å². The molecule has 1 saturated carbocycles. The molecule has 7 nitrogen and oxygen atoms in total. The summed E-state index contributed by atoms with van der Waals surface area (Å²) in [6.07, 6.45) is 4.49. The minimum atomic E-state index is 0.197. The number of benzene rings is 2. The van der Waals surface area contributed by atoms with Gasteiger partial charge in [0.25, 0.3) is 0 Å². The minimum Gasteiger partial charge on any atom is -0.490 e. The molecule has 0 bridgehead atoms. The van der Waals surface area contributed by atoms with Crippen molar-refractivity contribution < 1.29 is 4.74 Å². The molecular weight excluding hydrogens is 496 g/mol. The van der Waals surface area contributed by atoms with Gasteiger partial charge in [-0.1, -0.05) is 11.6 Å². The van der Waals surface area contributed by atoms with Crippen LogP contribution in [0.5, 0.6) is 5.75 Å². The number of nitrogens with zero attached hydrogens (tertiary/aromatic N) is 4. The van der Waals surface area contributed by atoms with E-state index in [9.17, 15) is 0 Å². The van der Waals surface area contributed by atoms with Crippen LogP contribution in [0.3, 0.4) is 0 Å². The number of halogens is 1. The van der Waals surface area contributed by atoms with Crippen LogP contribution in [0.2, 0.25) is 5.02 Å². The zero-order valence-corrected chi connectivity index (χ0v) is 22.7. The summed E-state index contributed by atoms with van der Waals surface area (Å²) in [5.74, 6) is 3.18. The van der Waals surface area contributed by atoms with Gasteiger partial charge in [0.15, 0.2) is 0 Å². The van der Waals surface area contributed by atoms with Gasteiger partial charge in [0.1, 0.15) is 17.7 Å². The maximum Gasteiger partial charge on any atom is 0.128 e. The Kier molecular flexibility index (Phi) is 7.73. The lowest BCUT2D eigenvalue weighted by atomic mass is 9.82. The Bertz CT molecular complexity index is 1170. The van der Waals surface area contributed by atoms with Gasteiger partial charge in [0.2, 0.25) is 0 Å². The lowest BCUT2D eigenvalue weighted by molar-refractivity contribution is 0.122. The second kappa shape index (κ2) is 11.5. The van der Waals surface area contributed by atoms with Crippen LogP contribution in [0.25, 0.3) is 0 Å². The summed E-state index contributed by atoms with van der Waals surface area (Å²) in [4.78, 5) is 9.97. The molecule has 0 radical (unpaired) electrons. The van der Waals surface area contributed by atoms with E-state index < -0.39 is 0 Å². The van der Waals surface area contributed by atoms with E-state index in [1.54, 1.807) is 12.1 Å². The molecule has 0 amide bonds. The molecule has 1 atom stereocenters. The molecule has 3 fully saturated rings. The number of hydrogen-bond donors (Lipinski definition) is 2. The summed E-state index contributed by atoms with van der Waals surface area (Å²) in [6, 6.07) is 16.8. The molecule has 1 aliphatic carbocycles. The molecule has 2 aromatic carbocycles. The highest BCUT2D eigenvalue weighted by Crippen LogP contribution is 2.32. The van der Waals surface area contributed by atoms with Crippen LogP contribution in [0.1, 0.15) is 36.8 Å². The number of aliphatic imine (C=N–C) groups is 1. The zero-order valence-electron chi connectivity index (χ0n) is 21.9. The van der Waals surface area contributed by atoms with Crippen molar-refractivity contribution in [2.24, 2.45) is 16.8 Å². The second-order valence-corrected chi connectivity index (χ2v) is 11.6. The minimum absolute atomic E-state index is 0.197. The number of ether oxygens (including phenoxy) is 1. The van der Waals surface area contributed by atoms with Gasteiger partial charge in [-0.05, 0) is 68.0 Å². The van der Waals surface area contributed by atoms with Gasteiger partial charge in [0, 0.05) is 75.1 Å². The number of hydrogen-bond acceptors (Lipinski definition) is 7. The van der Waals surface area contributed by atoms with Gasteiger partial charge in [-0.15, -0.1) is 0 Å². The average molecular weight is 533 g/mol. The van der Waals surface area contributed by atoms with Gasteiger partial charge in [0.05, 0.1) is 23.2 Å². The van der Waals surface area contributed by atoms with Crippen molar-refractivity contribution in [2.45, 2.75) is 37.8 Å². The number of nitrogens with one attached hydrogen (secondary N) is 2. The third-order valence-corrected chi connectivity index (χ3v) is 8.92. The highest BCUT2D eigenvalue weighted by molar-refractivity contribution is 6.31. The van der Waals surface area contributed by atoms with Gasteiger partial charge in [-0.2, -0.15) is 5.26 Å². The number of amidine groups is 1. The lowest BCUT2D eigenvalue weighted by Crippen LogP contribution is -2.54. The Morgan fingerprint density at radius 1 is 1.03 bits per heavy atom. The first-order valence-electron chi connectivity index (χ1n) is 14.1. The molecular formula is C30H37ClN6O. The van der Waals surface area contributed by atoms with E-state index in [1.807, 2.05) is 6.07 Å². The normalized spacial score (nSPS) is 26.3. The second-order valence-electron chi connectivity index (χ2n) is 11.2. The van der Waals surface area contributed by atoms with Crippen LogP contribution in [-0.4, -0.2) is 75.2 Å². The van der Waals surface area contributed by atoms with Crippen LogP contribution in [-0.2, 0) is 0 Å². The van der Waals surface area contributed by atoms with Crippen molar-refractivity contribution in [3.63, 3.8) is 0 Å². The van der Waals surface area contributed by atoms with E-state index in [2.05, 4.69) is 50.8 Å². The first-order valence-corrected chi connectivity index (χ1v) is 14.5. The standard InChI is InChI=1S/C30H37ClN6O/c31-28-15-27(10-5-24(28)16-32)38-26-8-3-22(4-9-26)29-17-34-30(35-29)23-1-6-25(7-2-23)37-19-21(20-37)18-36-13-11-33-12-14-36/h1-2,5-7,10,15,21-22,26,29,33H,3-4,8-9,11-14,17-20H2,(H,34,35). The van der Waals surface area contributed by atoms with Gasteiger partial charge < -0.3 is 25.2 Å². The molecule has 8 heteroatoms. The van der Waals surface area contributed by atoms with Crippen molar-refractivity contribution in [3.8, 4) is 11.8 Å². The van der Waals surface area contributed by atoms with Gasteiger partial charge in [-0.3, -0.25) is 4.99 Å². The summed E-state index contributed by atoms with van der Waals surface area (Å²) in [5.41, 5.74) is 2.99. The van der Waals surface area contributed by atoms with Crippen LogP contribution in [0.4, 0.5) is 5.69 Å². The van der Waals surface area contributed by atoms with E-state index in [4.69, 9.17) is 26.6 Å². The van der Waals surface area contributed by atoms with Crippen molar-refractivity contribution in [2.75, 3.05) is 57.3 Å². The van der Waals surface area contributed by atoms with E-state index >= 15 is 0 Å². The maximum absolute atomic E-state index is 9.06. The number of piperazine rings is 1. The van der Waals surface area contributed by atoms with Crippen LogP contribution >= 0.6 is 11.6 Å². The Hall–Kier alpha value is -2.79. The largest absolute Gasteiger partial charge is 0.490 e. The fourth-order valence-electron chi connectivity index (χ4n) is 6.34. The summed E-state index contributed by atoms with van der Waals surface area (Å²) in [5, 5.41) is 16.7. The van der Waals surface area contributed by atoms with Gasteiger partial charge in [-0.25, -0.2) is 0 Å². The summed E-state index contributed by atoms with van der Waals surface area (Å²) in [7, 11) is 0. The molecule has 6 rings (SSSR count). The fraction of sp³-hybridized carbons (Fsp3) is 0.533. The molecule has 2 saturated heterocycles. The third kappa shape index (κ3) is 5.78. The van der Waals surface area contributed by atoms with E-state index in [-0.39, 0.29) is 6.10 Å². The third-order valence-electron chi connectivity index (χ3n) is 8.61. The first-order chi connectivity index (χ1) is 18.6. The monoisotopic (exact) mass is 532 g/mol. The van der Waals surface area contributed by atoms with Crippen LogP contribution in [0.15, 0.2) is 47.5 Å². The number of rotatable bonds is 7. The molecule has 38 heavy (non-hydrogen) atoms. The Balaban J connectivity index is 0.941. The molecule has 4 aliphatic rings. The van der Waals surface area contributed by atoms with Gasteiger partial charge >= 0.3 is 0 Å². The fourth-order valence-corrected chi connectivity index (χ4v) is 6.56. The quantitative estimate of drug-likeness (QED) is 0.563. The Morgan fingerprint density at radius 3 is 2.50 bits per heavy atom. The molecule has 0 aromatic heterocycles. The van der Waals surface area contributed by atoms with Crippen molar-refractivity contribution in [3.05, 3.63) is 58.6 Å². The highest BCUT2D eigenvalue weighted by Gasteiger charge is 2.32. The molecule has 200 valence electrons. The summed E-state index contributed by atoms with van der Waals surface area (Å²) in [6.45, 7) is 9.03. The molecule has 3 aliphatic heterocycles. The number of anilines is 1. The summed E-state index contributed by atoms with van der Waals surface area (Å²) >= 11 is 6.16. The van der Waals surface area contributed by atoms with Crippen molar-refractivity contribution in [1.29, 1.82) is 5.26 Å². The molecule has 2 aromatic rings. The number of nitriles is 1. The zero-order chi connectivity index (χ0) is 25.9. The molecule has 2 N–H and O–H groups in total. The lowest BCUT2D eigenvalue weighted by Gasteiger charge is -2.44. The molecule has 0 spiro atoms. The molecule has 3 heterocycles. The van der Waals surface area contributed by atoms with Crippen molar-refractivity contribution >= 4 is 23.1 Å². The van der Waals surface area contributed by atoms with Crippen molar-refractivity contribution in [1.82, 2.24) is 15.5 Å².